The van der Waals surface area contributed by atoms with Gasteiger partial charge in [0.2, 0.25) is 0 Å². The van der Waals surface area contributed by atoms with Gasteiger partial charge >= 0.3 is 6.09 Å². The maximum atomic E-state index is 11.5. The highest BCUT2D eigenvalue weighted by Crippen LogP contribution is 2.41. The minimum Gasteiger partial charge on any atom is -0.493 e. The van der Waals surface area contributed by atoms with Crippen LogP contribution in [0, 0.1) is 6.92 Å². The van der Waals surface area contributed by atoms with Gasteiger partial charge in [-0.25, -0.2) is 4.79 Å². The number of hydrogen-bond donors (Lipinski definition) is 4. The Morgan fingerprint density at radius 1 is 1.06 bits per heavy atom. The molecule has 1 amide bonds. The van der Waals surface area contributed by atoms with Crippen molar-refractivity contribution < 1.29 is 19.4 Å². The molecule has 250 valence electrons. The first-order valence-corrected chi connectivity index (χ1v) is 16.9. The number of H-pyrrole nitrogens is 1. The topological polar surface area (TPSA) is 98.9 Å². The lowest BCUT2D eigenvalue weighted by molar-refractivity contribution is 0.118. The van der Waals surface area contributed by atoms with E-state index in [0.717, 1.165) is 53.5 Å². The van der Waals surface area contributed by atoms with E-state index in [4.69, 9.17) is 9.47 Å². The van der Waals surface area contributed by atoms with Crippen LogP contribution in [0.1, 0.15) is 79.4 Å². The van der Waals surface area contributed by atoms with Crippen molar-refractivity contribution in [2.24, 2.45) is 0 Å². The fourth-order valence-corrected chi connectivity index (χ4v) is 6.07. The molecule has 8 heteroatoms. The number of carbonyl (C=O) groups is 1. The molecule has 47 heavy (non-hydrogen) atoms. The van der Waals surface area contributed by atoms with Crippen molar-refractivity contribution in [1.29, 1.82) is 0 Å². The van der Waals surface area contributed by atoms with Crippen LogP contribution in [0.4, 0.5) is 10.5 Å². The summed E-state index contributed by atoms with van der Waals surface area (Å²) >= 11 is 0. The number of aryl methyl sites for hydroxylation is 1. The first-order valence-electron chi connectivity index (χ1n) is 16.9. The average Bonchev–Trinajstić information content (AvgIpc) is 3.87. The molecule has 2 heterocycles. The number of aliphatic hydroxyl groups is 1. The highest BCUT2D eigenvalue weighted by molar-refractivity contribution is 5.88. The van der Waals surface area contributed by atoms with Gasteiger partial charge in [0.05, 0.1) is 25.4 Å². The Bertz CT molecular complexity index is 1630. The quantitative estimate of drug-likeness (QED) is 0.126. The van der Waals surface area contributed by atoms with Crippen molar-refractivity contribution in [2.45, 2.75) is 70.9 Å². The molecule has 1 aliphatic heterocycles. The van der Waals surface area contributed by atoms with Crippen LogP contribution < -0.4 is 15.4 Å². The highest BCUT2D eigenvalue weighted by Gasteiger charge is 2.31. The zero-order valence-electron chi connectivity index (χ0n) is 28.3. The van der Waals surface area contributed by atoms with Gasteiger partial charge in [0.25, 0.3) is 0 Å². The van der Waals surface area contributed by atoms with Crippen molar-refractivity contribution in [3.63, 3.8) is 0 Å². The van der Waals surface area contributed by atoms with Gasteiger partial charge in [0.1, 0.15) is 5.75 Å². The summed E-state index contributed by atoms with van der Waals surface area (Å²) in [5, 5.41) is 17.2. The Morgan fingerprint density at radius 3 is 2.45 bits per heavy atom. The van der Waals surface area contributed by atoms with Crippen molar-refractivity contribution in [3.05, 3.63) is 107 Å². The van der Waals surface area contributed by atoms with E-state index in [0.29, 0.717) is 19.6 Å². The van der Waals surface area contributed by atoms with E-state index in [1.165, 1.54) is 40.6 Å². The van der Waals surface area contributed by atoms with Crippen LogP contribution in [0.15, 0.2) is 79.0 Å². The molecular weight excluding hydrogens is 588 g/mol. The number of amides is 1. The van der Waals surface area contributed by atoms with E-state index in [1.54, 1.807) is 0 Å². The van der Waals surface area contributed by atoms with E-state index >= 15 is 0 Å². The van der Waals surface area contributed by atoms with Gasteiger partial charge in [-0.05, 0) is 92.5 Å². The van der Waals surface area contributed by atoms with Crippen LogP contribution in [0.5, 0.6) is 5.75 Å². The number of rotatable bonds is 12. The molecule has 0 spiro atoms. The van der Waals surface area contributed by atoms with Gasteiger partial charge in [0.15, 0.2) is 0 Å². The predicted octanol–water partition coefficient (Wildman–Crippen LogP) is 7.83. The first kappa shape index (κ1) is 33.9. The number of fused-ring (bicyclic) bond motifs is 3. The maximum Gasteiger partial charge on any atom is 0.407 e. The van der Waals surface area contributed by atoms with E-state index in [2.05, 4.69) is 95.5 Å². The number of ether oxygens (including phenoxy) is 2. The van der Waals surface area contributed by atoms with Crippen molar-refractivity contribution >= 4 is 22.7 Å². The molecule has 1 aromatic heterocycles. The summed E-state index contributed by atoms with van der Waals surface area (Å²) in [5.41, 5.74) is 9.90. The van der Waals surface area contributed by atoms with Gasteiger partial charge in [-0.1, -0.05) is 55.5 Å². The van der Waals surface area contributed by atoms with Crippen LogP contribution in [0.3, 0.4) is 0 Å². The summed E-state index contributed by atoms with van der Waals surface area (Å²) in [6.45, 7) is 12.1. The monoisotopic (exact) mass is 638 g/mol. The van der Waals surface area contributed by atoms with E-state index < -0.39 is 12.2 Å². The highest BCUT2D eigenvalue weighted by atomic mass is 16.5. The summed E-state index contributed by atoms with van der Waals surface area (Å²) in [7, 11) is 1.94. The first-order chi connectivity index (χ1) is 22.8. The summed E-state index contributed by atoms with van der Waals surface area (Å²) in [6.07, 6.45) is 3.71. The van der Waals surface area contributed by atoms with Gasteiger partial charge in [-0.3, -0.25) is 0 Å². The minimum atomic E-state index is -0.705. The lowest BCUT2D eigenvalue weighted by Gasteiger charge is -2.38. The number of hydrogen-bond acceptors (Lipinski definition) is 6. The van der Waals surface area contributed by atoms with Crippen molar-refractivity contribution in [3.8, 4) is 5.75 Å². The van der Waals surface area contributed by atoms with E-state index in [-0.39, 0.29) is 12.6 Å². The third-order valence-electron chi connectivity index (χ3n) is 8.87. The van der Waals surface area contributed by atoms with E-state index in [1.807, 2.05) is 26.1 Å². The molecule has 4 N–H and O–H groups in total. The number of anilines is 1. The molecule has 3 aromatic carbocycles. The number of aromatic amines is 1. The van der Waals surface area contributed by atoms with E-state index in [9.17, 15) is 9.90 Å². The molecule has 2 atom stereocenters. The minimum absolute atomic E-state index is 0.0427. The number of allylic oxidation sites excluding steroid dienone is 1. The van der Waals surface area contributed by atoms with Crippen LogP contribution in [-0.2, 0) is 11.2 Å². The maximum absolute atomic E-state index is 11.5. The molecule has 2 unspecified atom stereocenters. The Morgan fingerprint density at radius 2 is 1.79 bits per heavy atom. The summed E-state index contributed by atoms with van der Waals surface area (Å²) in [5.74, 6) is 1.64. The molecule has 1 aliphatic carbocycles. The van der Waals surface area contributed by atoms with Gasteiger partial charge in [-0.2, -0.15) is 0 Å². The van der Waals surface area contributed by atoms with Crippen molar-refractivity contribution in [1.82, 2.24) is 15.2 Å². The largest absolute Gasteiger partial charge is 0.493 e. The molecule has 1 fully saturated rings. The average molecular weight is 639 g/mol. The number of benzene rings is 3. The Hall–Kier alpha value is -4.43. The smallest absolute Gasteiger partial charge is 0.407 e. The Kier molecular flexibility index (Phi) is 11.5. The zero-order chi connectivity index (χ0) is 33.3. The summed E-state index contributed by atoms with van der Waals surface area (Å²) in [4.78, 5) is 17.5. The lowest BCUT2D eigenvalue weighted by atomic mass is 9.92. The number of alkyl carbamates (subject to hydrolysis) is 1. The zero-order valence-corrected chi connectivity index (χ0v) is 28.3. The molecule has 4 aromatic rings. The van der Waals surface area contributed by atoms with Gasteiger partial charge in [0, 0.05) is 54.5 Å². The van der Waals surface area contributed by atoms with Crippen LogP contribution in [0.2, 0.25) is 0 Å². The summed E-state index contributed by atoms with van der Waals surface area (Å²) in [6, 6.07) is 23.5. The van der Waals surface area contributed by atoms with Gasteiger partial charge < -0.3 is 35.1 Å². The number of aromatic nitrogens is 1. The number of aliphatic hydroxyl groups excluding tert-OH is 1. The lowest BCUT2D eigenvalue weighted by Crippen LogP contribution is -2.34. The normalized spacial score (nSPS) is 16.0. The standard InChI is InChI=1S/C29H38N4O4.C10H12/c1-5-15-37-29(35)31-18-22(34)13-16-36-23-9-6-20(7-10-23)28-27-24(12-14-33(28)19(2)3)25-17-21(30-4)8-11-26(25)32-27;1-8-2-4-9(5-3-8)10-6-7-10/h6-11,17,22,28,30,32,34H,2,5,12-16,18H2,1,3-4H3,(H,31,35);2-5,10H,6-7H2,1H3. The van der Waals surface area contributed by atoms with Crippen LogP contribution in [0.25, 0.3) is 10.9 Å². The third kappa shape index (κ3) is 8.89. The molecule has 6 rings (SSSR count). The molecular formula is C39H50N4O4. The molecule has 1 saturated carbocycles. The molecule has 0 radical (unpaired) electrons. The Labute approximate surface area is 279 Å². The number of carbonyl (C=O) groups excluding carboxylic acids is 1. The second kappa shape index (κ2) is 15.9. The molecule has 8 nitrogen and oxygen atoms in total. The molecule has 2 aliphatic rings. The van der Waals surface area contributed by atoms with Crippen LogP contribution >= 0.6 is 0 Å². The third-order valence-corrected chi connectivity index (χ3v) is 8.87. The number of nitrogens with one attached hydrogen (secondary N) is 3. The van der Waals surface area contributed by atoms with Crippen molar-refractivity contribution in [2.75, 3.05) is 38.7 Å². The molecule has 0 bridgehead atoms. The second-order valence-electron chi connectivity index (χ2n) is 12.7. The fourth-order valence-electron chi connectivity index (χ4n) is 6.07. The SMILES string of the molecule is C=C(C)N1CCc2c([nH]c3ccc(NC)cc23)C1c1ccc(OCCC(O)CNC(=O)OCCC)cc1.Cc1ccc(C2CC2)cc1. The summed E-state index contributed by atoms with van der Waals surface area (Å²) < 4.78 is 10.8. The van der Waals surface area contributed by atoms with Gasteiger partial charge in [-0.15, -0.1) is 0 Å². The molecule has 0 saturated heterocycles. The number of nitrogens with zero attached hydrogens (tertiary/aromatic N) is 1. The predicted molar refractivity (Wildman–Crippen MR) is 190 cm³/mol. The van der Waals surface area contributed by atoms with Crippen LogP contribution in [-0.4, -0.2) is 60.5 Å². The fraction of sp³-hybridized carbons (Fsp3) is 0.410. The second-order valence-corrected chi connectivity index (χ2v) is 12.7. The Balaban J connectivity index is 0.000000365.